The van der Waals surface area contributed by atoms with Gasteiger partial charge in [-0.1, -0.05) is 48.5 Å². The molecule has 1 aliphatic rings. The minimum atomic E-state index is -0.293. The molecule has 0 radical (unpaired) electrons. The van der Waals surface area contributed by atoms with Crippen molar-refractivity contribution in [1.29, 1.82) is 0 Å². The van der Waals surface area contributed by atoms with E-state index >= 15 is 0 Å². The molecule has 0 aliphatic heterocycles. The Labute approximate surface area is 133 Å². The summed E-state index contributed by atoms with van der Waals surface area (Å²) in [6.45, 7) is 0. The van der Waals surface area contributed by atoms with Gasteiger partial charge >= 0.3 is 5.97 Å². The minimum Gasteiger partial charge on any atom is -0.452 e. The molecule has 4 rings (SSSR count). The number of hydrogen-bond acceptors (Lipinski definition) is 3. The summed E-state index contributed by atoms with van der Waals surface area (Å²) in [5.74, 6) is -0.185. The number of thiophene rings is 1. The first-order chi connectivity index (χ1) is 10.8. The Morgan fingerprint density at radius 2 is 1.59 bits per heavy atom. The van der Waals surface area contributed by atoms with Crippen LogP contribution in [0, 0.1) is 0 Å². The Balaban J connectivity index is 1.65. The lowest BCUT2D eigenvalue weighted by Gasteiger charge is -2.14. The molecule has 1 aliphatic carbocycles. The second-order valence-corrected chi connectivity index (χ2v) is 6.13. The maximum Gasteiger partial charge on any atom is 0.311 e. The molecule has 2 aromatic carbocycles. The molecule has 3 heteroatoms. The molecule has 2 nitrogen and oxygen atoms in total. The van der Waals surface area contributed by atoms with Gasteiger partial charge in [0.25, 0.3) is 0 Å². The Kier molecular flexibility index (Phi) is 3.28. The first-order valence-electron chi connectivity index (χ1n) is 7.22. The molecular weight excluding hydrogens is 292 g/mol. The third-order valence-electron chi connectivity index (χ3n) is 3.95. The number of rotatable bonds is 3. The second kappa shape index (κ2) is 5.43. The van der Waals surface area contributed by atoms with Crippen LogP contribution in [0.3, 0.4) is 0 Å². The third kappa shape index (κ3) is 2.24. The Hall–Kier alpha value is -2.39. The highest BCUT2D eigenvalue weighted by atomic mass is 32.1. The summed E-state index contributed by atoms with van der Waals surface area (Å²) in [6, 6.07) is 18.2. The van der Waals surface area contributed by atoms with Crippen LogP contribution in [-0.2, 0) is 16.0 Å². The van der Waals surface area contributed by atoms with Gasteiger partial charge in [0.1, 0.15) is 0 Å². The molecule has 3 aromatic rings. The summed E-state index contributed by atoms with van der Waals surface area (Å²) in [7, 11) is 0. The van der Waals surface area contributed by atoms with Gasteiger partial charge in [0.15, 0.2) is 6.10 Å². The fourth-order valence-electron chi connectivity index (χ4n) is 2.97. The van der Waals surface area contributed by atoms with E-state index in [0.717, 1.165) is 27.8 Å². The second-order valence-electron chi connectivity index (χ2n) is 5.35. The van der Waals surface area contributed by atoms with E-state index in [4.69, 9.17) is 4.74 Å². The van der Waals surface area contributed by atoms with E-state index < -0.39 is 0 Å². The normalized spacial score (nSPS) is 12.7. The van der Waals surface area contributed by atoms with Crippen molar-refractivity contribution in [3.63, 3.8) is 0 Å². The van der Waals surface area contributed by atoms with Crippen LogP contribution >= 0.6 is 11.3 Å². The summed E-state index contributed by atoms with van der Waals surface area (Å²) in [4.78, 5) is 12.3. The van der Waals surface area contributed by atoms with Crippen LogP contribution in [0.25, 0.3) is 11.1 Å². The highest BCUT2D eigenvalue weighted by molar-refractivity contribution is 7.07. The summed E-state index contributed by atoms with van der Waals surface area (Å²) < 4.78 is 5.80. The summed E-state index contributed by atoms with van der Waals surface area (Å²) in [5, 5.41) is 3.96. The fourth-order valence-corrected chi connectivity index (χ4v) is 3.64. The van der Waals surface area contributed by atoms with Crippen molar-refractivity contribution < 1.29 is 9.53 Å². The number of benzene rings is 2. The maximum absolute atomic E-state index is 12.3. The van der Waals surface area contributed by atoms with Crippen LogP contribution in [0.15, 0.2) is 65.4 Å². The van der Waals surface area contributed by atoms with Gasteiger partial charge in [-0.05, 0) is 33.5 Å². The molecule has 0 saturated carbocycles. The Bertz CT molecular complexity index is 775. The predicted molar refractivity (Wildman–Crippen MR) is 87.8 cm³/mol. The molecule has 0 saturated heterocycles. The lowest BCUT2D eigenvalue weighted by atomic mass is 10.1. The molecule has 0 atom stereocenters. The number of hydrogen-bond donors (Lipinski definition) is 0. The van der Waals surface area contributed by atoms with Crippen molar-refractivity contribution in [2.24, 2.45) is 0 Å². The third-order valence-corrected chi connectivity index (χ3v) is 4.69. The predicted octanol–water partition coefficient (Wildman–Crippen LogP) is 4.60. The molecule has 0 bridgehead atoms. The smallest absolute Gasteiger partial charge is 0.311 e. The lowest BCUT2D eigenvalue weighted by molar-refractivity contribution is -0.146. The quantitative estimate of drug-likeness (QED) is 0.661. The first kappa shape index (κ1) is 13.3. The van der Waals surface area contributed by atoms with E-state index in [9.17, 15) is 4.79 Å². The number of carbonyl (C=O) groups excluding carboxylic acids is 1. The summed E-state index contributed by atoms with van der Waals surface area (Å²) >= 11 is 1.59. The number of carbonyl (C=O) groups is 1. The molecule has 1 aromatic heterocycles. The van der Waals surface area contributed by atoms with Crippen LogP contribution in [0.5, 0.6) is 0 Å². The monoisotopic (exact) mass is 306 g/mol. The van der Waals surface area contributed by atoms with E-state index in [1.54, 1.807) is 11.3 Å². The van der Waals surface area contributed by atoms with Crippen LogP contribution < -0.4 is 0 Å². The van der Waals surface area contributed by atoms with Crippen molar-refractivity contribution >= 4 is 17.3 Å². The van der Waals surface area contributed by atoms with E-state index in [-0.39, 0.29) is 12.1 Å². The molecule has 0 spiro atoms. The lowest BCUT2D eigenvalue weighted by Crippen LogP contribution is -2.12. The van der Waals surface area contributed by atoms with E-state index in [0.29, 0.717) is 6.42 Å². The van der Waals surface area contributed by atoms with Crippen molar-refractivity contribution in [3.8, 4) is 11.1 Å². The van der Waals surface area contributed by atoms with Crippen LogP contribution in [0.2, 0.25) is 0 Å². The van der Waals surface area contributed by atoms with Crippen molar-refractivity contribution in [3.05, 3.63) is 82.0 Å². The van der Waals surface area contributed by atoms with Gasteiger partial charge in [-0.25, -0.2) is 0 Å². The van der Waals surface area contributed by atoms with Crippen LogP contribution in [0.1, 0.15) is 22.8 Å². The molecule has 0 unspecified atom stereocenters. The molecular formula is C19H14O2S. The molecule has 0 N–H and O–H groups in total. The highest BCUT2D eigenvalue weighted by Gasteiger charge is 2.30. The standard InChI is InChI=1S/C19H14O2S/c20-18(11-13-9-10-22-12-13)21-19-16-7-3-1-5-14(16)15-6-2-4-8-17(15)19/h1-10,12,19H,11H2. The zero-order chi connectivity index (χ0) is 14.9. The van der Waals surface area contributed by atoms with Gasteiger partial charge in [-0.15, -0.1) is 0 Å². The van der Waals surface area contributed by atoms with Crippen molar-refractivity contribution in [2.75, 3.05) is 0 Å². The minimum absolute atomic E-state index is 0.185. The van der Waals surface area contributed by atoms with Gasteiger partial charge in [0, 0.05) is 11.1 Å². The molecule has 0 amide bonds. The summed E-state index contributed by atoms with van der Waals surface area (Å²) in [5.41, 5.74) is 5.47. The molecule has 22 heavy (non-hydrogen) atoms. The zero-order valence-electron chi connectivity index (χ0n) is 11.9. The zero-order valence-corrected chi connectivity index (χ0v) is 12.7. The first-order valence-corrected chi connectivity index (χ1v) is 8.16. The summed E-state index contributed by atoms with van der Waals surface area (Å²) in [6.07, 6.45) is 0.0307. The van der Waals surface area contributed by atoms with E-state index in [1.807, 2.05) is 53.2 Å². The molecule has 1 heterocycles. The fraction of sp³-hybridized carbons (Fsp3) is 0.105. The topological polar surface area (TPSA) is 26.3 Å². The Morgan fingerprint density at radius 3 is 2.18 bits per heavy atom. The van der Waals surface area contributed by atoms with Gasteiger partial charge in [0.2, 0.25) is 0 Å². The van der Waals surface area contributed by atoms with Gasteiger partial charge in [-0.3, -0.25) is 4.79 Å². The number of fused-ring (bicyclic) bond motifs is 3. The van der Waals surface area contributed by atoms with Gasteiger partial charge in [0.05, 0.1) is 6.42 Å². The molecule has 108 valence electrons. The maximum atomic E-state index is 12.3. The number of ether oxygens (including phenoxy) is 1. The average molecular weight is 306 g/mol. The van der Waals surface area contributed by atoms with Crippen LogP contribution in [-0.4, -0.2) is 5.97 Å². The highest BCUT2D eigenvalue weighted by Crippen LogP contribution is 2.45. The van der Waals surface area contributed by atoms with E-state index in [2.05, 4.69) is 12.1 Å². The SMILES string of the molecule is O=C(Cc1ccsc1)OC1c2ccccc2-c2ccccc21. The Morgan fingerprint density at radius 1 is 0.955 bits per heavy atom. The van der Waals surface area contributed by atoms with Gasteiger partial charge < -0.3 is 4.74 Å². The number of esters is 1. The van der Waals surface area contributed by atoms with Crippen LogP contribution in [0.4, 0.5) is 0 Å². The average Bonchev–Trinajstić information content (AvgIpc) is 3.15. The van der Waals surface area contributed by atoms with Crippen molar-refractivity contribution in [2.45, 2.75) is 12.5 Å². The van der Waals surface area contributed by atoms with E-state index in [1.165, 1.54) is 0 Å². The molecule has 0 fully saturated rings. The largest absolute Gasteiger partial charge is 0.452 e. The van der Waals surface area contributed by atoms with Crippen molar-refractivity contribution in [1.82, 2.24) is 0 Å². The van der Waals surface area contributed by atoms with Gasteiger partial charge in [-0.2, -0.15) is 11.3 Å².